The topological polar surface area (TPSA) is 48.7 Å². The van der Waals surface area contributed by atoms with E-state index in [4.69, 9.17) is 13.9 Å². The summed E-state index contributed by atoms with van der Waals surface area (Å²) >= 11 is 0. The quantitative estimate of drug-likeness (QED) is 0.742. The predicted molar refractivity (Wildman–Crippen MR) is 54.1 cm³/mol. The van der Waals surface area contributed by atoms with Crippen LogP contribution in [0.1, 0.15) is 24.7 Å². The maximum Gasteiger partial charge on any atom is 0.339 e. The maximum absolute atomic E-state index is 11.2. The first-order valence-electron chi connectivity index (χ1n) is 5.06. The van der Waals surface area contributed by atoms with Crippen molar-refractivity contribution >= 4 is 0 Å². The molecular formula is C11H14O4. The van der Waals surface area contributed by atoms with E-state index in [0.717, 1.165) is 12.0 Å². The molecule has 0 amide bonds. The van der Waals surface area contributed by atoms with E-state index in [1.54, 1.807) is 7.11 Å². The number of ether oxygens (including phenoxy) is 2. The predicted octanol–water partition coefficient (Wildman–Crippen LogP) is 1.50. The summed E-state index contributed by atoms with van der Waals surface area (Å²) < 4.78 is 15.9. The molecule has 1 aliphatic rings. The Balaban J connectivity index is 2.42. The highest BCUT2D eigenvalue weighted by atomic mass is 16.5. The minimum atomic E-state index is -0.359. The van der Waals surface area contributed by atoms with Gasteiger partial charge in [-0.1, -0.05) is 6.92 Å². The molecular weight excluding hydrogens is 196 g/mol. The Morgan fingerprint density at radius 1 is 1.60 bits per heavy atom. The van der Waals surface area contributed by atoms with Gasteiger partial charge in [-0.2, -0.15) is 0 Å². The van der Waals surface area contributed by atoms with Gasteiger partial charge in [0.15, 0.2) is 0 Å². The van der Waals surface area contributed by atoms with Crippen LogP contribution in [0.4, 0.5) is 0 Å². The molecule has 2 rings (SSSR count). The van der Waals surface area contributed by atoms with Gasteiger partial charge in [0.25, 0.3) is 0 Å². The fraction of sp³-hybridized carbons (Fsp3) is 0.545. The van der Waals surface area contributed by atoms with E-state index in [1.165, 1.54) is 6.07 Å². The Morgan fingerprint density at radius 2 is 2.40 bits per heavy atom. The van der Waals surface area contributed by atoms with Gasteiger partial charge in [0.05, 0.1) is 31.5 Å². The molecule has 0 spiro atoms. The third kappa shape index (κ3) is 1.90. The van der Waals surface area contributed by atoms with Crippen LogP contribution in [-0.2, 0) is 17.8 Å². The Morgan fingerprint density at radius 3 is 3.07 bits per heavy atom. The lowest BCUT2D eigenvalue weighted by atomic mass is 10.0. The van der Waals surface area contributed by atoms with Gasteiger partial charge < -0.3 is 13.9 Å². The van der Waals surface area contributed by atoms with E-state index < -0.39 is 0 Å². The van der Waals surface area contributed by atoms with Gasteiger partial charge in [0.2, 0.25) is 0 Å². The average Bonchev–Trinajstić information content (AvgIpc) is 2.26. The third-order valence-electron chi connectivity index (χ3n) is 2.66. The molecule has 0 aromatic carbocycles. The van der Waals surface area contributed by atoms with Gasteiger partial charge in [0.1, 0.15) is 11.5 Å². The summed E-state index contributed by atoms with van der Waals surface area (Å²) in [5.74, 6) is 1.27. The summed E-state index contributed by atoms with van der Waals surface area (Å²) in [6.07, 6.45) is 1.71. The molecule has 0 saturated carbocycles. The Labute approximate surface area is 87.8 Å². The molecule has 1 aliphatic heterocycles. The van der Waals surface area contributed by atoms with E-state index in [9.17, 15) is 4.79 Å². The summed E-state index contributed by atoms with van der Waals surface area (Å²) in [5.41, 5.74) is 0.504. The molecule has 2 heterocycles. The molecule has 0 bridgehead atoms. The van der Waals surface area contributed by atoms with Crippen molar-refractivity contribution in [1.29, 1.82) is 0 Å². The number of rotatable bonds is 2. The largest absolute Gasteiger partial charge is 0.496 e. The molecule has 0 saturated heterocycles. The van der Waals surface area contributed by atoms with E-state index in [1.807, 2.05) is 6.92 Å². The minimum absolute atomic E-state index is 0.146. The minimum Gasteiger partial charge on any atom is -0.496 e. The highest BCUT2D eigenvalue weighted by Gasteiger charge is 2.23. The molecule has 4 nitrogen and oxygen atoms in total. The van der Waals surface area contributed by atoms with Crippen molar-refractivity contribution in [3.63, 3.8) is 0 Å². The van der Waals surface area contributed by atoms with Gasteiger partial charge in [-0.25, -0.2) is 4.79 Å². The van der Waals surface area contributed by atoms with Crippen molar-refractivity contribution in [1.82, 2.24) is 0 Å². The molecule has 1 unspecified atom stereocenters. The van der Waals surface area contributed by atoms with Gasteiger partial charge >= 0.3 is 5.63 Å². The zero-order valence-corrected chi connectivity index (χ0v) is 8.91. The summed E-state index contributed by atoms with van der Waals surface area (Å²) in [6.45, 7) is 2.51. The van der Waals surface area contributed by atoms with Gasteiger partial charge in [-0.05, 0) is 6.42 Å². The lowest BCUT2D eigenvalue weighted by molar-refractivity contribution is 0.0169. The molecule has 1 atom stereocenters. The second-order valence-electron chi connectivity index (χ2n) is 3.58. The van der Waals surface area contributed by atoms with Crippen LogP contribution in [0.3, 0.4) is 0 Å². The summed E-state index contributed by atoms with van der Waals surface area (Å²) in [4.78, 5) is 11.2. The van der Waals surface area contributed by atoms with Crippen LogP contribution < -0.4 is 10.4 Å². The molecule has 82 valence electrons. The lowest BCUT2D eigenvalue weighted by Crippen LogP contribution is -2.23. The zero-order chi connectivity index (χ0) is 10.8. The lowest BCUT2D eigenvalue weighted by Gasteiger charge is -2.23. The summed E-state index contributed by atoms with van der Waals surface area (Å²) in [5, 5.41) is 0. The Kier molecular flexibility index (Phi) is 2.77. The fourth-order valence-electron chi connectivity index (χ4n) is 1.77. The maximum atomic E-state index is 11.2. The van der Waals surface area contributed by atoms with E-state index >= 15 is 0 Å². The summed E-state index contributed by atoms with van der Waals surface area (Å²) in [6, 6.07) is 1.36. The van der Waals surface area contributed by atoms with Gasteiger partial charge in [0, 0.05) is 6.42 Å². The third-order valence-corrected chi connectivity index (χ3v) is 2.66. The number of fused-ring (bicyclic) bond motifs is 1. The molecule has 0 N–H and O–H groups in total. The number of methoxy groups -OCH3 is 1. The van der Waals surface area contributed by atoms with Crippen LogP contribution in [0, 0.1) is 0 Å². The molecule has 1 aromatic heterocycles. The van der Waals surface area contributed by atoms with Crippen LogP contribution >= 0.6 is 0 Å². The SMILES string of the molecule is CCC1Cc2oc(=O)cc(OC)c2CO1. The molecule has 0 radical (unpaired) electrons. The van der Waals surface area contributed by atoms with Crippen LogP contribution in [-0.4, -0.2) is 13.2 Å². The van der Waals surface area contributed by atoms with Crippen LogP contribution in [0.5, 0.6) is 5.75 Å². The second kappa shape index (κ2) is 4.06. The molecule has 1 aromatic rings. The molecule has 15 heavy (non-hydrogen) atoms. The second-order valence-corrected chi connectivity index (χ2v) is 3.58. The smallest absolute Gasteiger partial charge is 0.339 e. The standard InChI is InChI=1S/C11H14O4/c1-3-7-4-10-8(6-14-7)9(13-2)5-11(12)15-10/h5,7H,3-4,6H2,1-2H3. The van der Waals surface area contributed by atoms with Crippen molar-refractivity contribution < 1.29 is 13.9 Å². The first kappa shape index (κ1) is 10.2. The van der Waals surface area contributed by atoms with Gasteiger partial charge in [-0.15, -0.1) is 0 Å². The zero-order valence-electron chi connectivity index (χ0n) is 8.91. The van der Waals surface area contributed by atoms with Crippen molar-refractivity contribution in [2.45, 2.75) is 32.5 Å². The van der Waals surface area contributed by atoms with Crippen LogP contribution in [0.25, 0.3) is 0 Å². The van der Waals surface area contributed by atoms with Crippen molar-refractivity contribution in [2.75, 3.05) is 7.11 Å². The molecule has 0 fully saturated rings. The normalized spacial score (nSPS) is 19.7. The van der Waals surface area contributed by atoms with E-state index in [-0.39, 0.29) is 11.7 Å². The van der Waals surface area contributed by atoms with E-state index in [0.29, 0.717) is 24.5 Å². The van der Waals surface area contributed by atoms with E-state index in [2.05, 4.69) is 0 Å². The van der Waals surface area contributed by atoms with Crippen LogP contribution in [0.2, 0.25) is 0 Å². The molecule has 0 aliphatic carbocycles. The Hall–Kier alpha value is -1.29. The number of hydrogen-bond donors (Lipinski definition) is 0. The highest BCUT2D eigenvalue weighted by molar-refractivity contribution is 5.34. The first-order valence-corrected chi connectivity index (χ1v) is 5.06. The Bertz CT molecular complexity index is 408. The summed E-state index contributed by atoms with van der Waals surface area (Å²) in [7, 11) is 1.54. The monoisotopic (exact) mass is 210 g/mol. The van der Waals surface area contributed by atoms with Crippen molar-refractivity contribution in [3.8, 4) is 5.75 Å². The first-order chi connectivity index (χ1) is 7.24. The average molecular weight is 210 g/mol. The highest BCUT2D eigenvalue weighted by Crippen LogP contribution is 2.27. The fourth-order valence-corrected chi connectivity index (χ4v) is 1.77. The van der Waals surface area contributed by atoms with Crippen LogP contribution in [0.15, 0.2) is 15.3 Å². The van der Waals surface area contributed by atoms with Crippen molar-refractivity contribution in [3.05, 3.63) is 27.8 Å². The van der Waals surface area contributed by atoms with Crippen molar-refractivity contribution in [2.24, 2.45) is 0 Å². The number of hydrogen-bond acceptors (Lipinski definition) is 4. The molecule has 4 heteroatoms. The van der Waals surface area contributed by atoms with Gasteiger partial charge in [-0.3, -0.25) is 0 Å².